The minimum Gasteiger partial charge on any atom is -0.364 e. The minimum atomic E-state index is -0.677. The van der Waals surface area contributed by atoms with Crippen molar-refractivity contribution in [1.29, 1.82) is 0 Å². The number of imide groups is 1. The second kappa shape index (κ2) is 17.0. The van der Waals surface area contributed by atoms with Crippen molar-refractivity contribution < 1.29 is 28.8 Å². The summed E-state index contributed by atoms with van der Waals surface area (Å²) < 4.78 is 0. The molecule has 1 aromatic heterocycles. The zero-order valence-electron chi connectivity index (χ0n) is 33.5. The summed E-state index contributed by atoms with van der Waals surface area (Å²) >= 11 is 0. The van der Waals surface area contributed by atoms with Gasteiger partial charge in [0.1, 0.15) is 11.9 Å². The Bertz CT molecular complexity index is 2140. The molecule has 6 heterocycles. The average Bonchev–Trinajstić information content (AvgIpc) is 3.76. The highest BCUT2D eigenvalue weighted by molar-refractivity contribution is 6.05. The molecule has 16 nitrogen and oxygen atoms in total. The second-order valence-corrected chi connectivity index (χ2v) is 16.4. The van der Waals surface area contributed by atoms with Gasteiger partial charge >= 0.3 is 6.03 Å². The number of aryl methyl sites for hydroxylation is 1. The number of hydrogen-bond acceptors (Lipinski definition) is 10. The summed E-state index contributed by atoms with van der Waals surface area (Å²) in [6.07, 6.45) is 8.44. The molecule has 59 heavy (non-hydrogen) atoms. The molecule has 0 radical (unpaired) electrons. The number of carbonyl (C=O) groups excluding carboxylic acids is 6. The van der Waals surface area contributed by atoms with Crippen molar-refractivity contribution in [3.05, 3.63) is 76.6 Å². The van der Waals surface area contributed by atoms with Crippen LogP contribution in [-0.2, 0) is 27.3 Å². The number of urea groups is 1. The maximum Gasteiger partial charge on any atom is 0.320 e. The number of nitrogens with two attached hydrogens (primary N) is 1. The number of hydrogen-bond donors (Lipinski definition) is 3. The number of aromatic nitrogens is 2. The van der Waals surface area contributed by atoms with Crippen LogP contribution in [0.2, 0.25) is 0 Å². The fourth-order valence-electron chi connectivity index (χ4n) is 9.30. The highest BCUT2D eigenvalue weighted by Gasteiger charge is 2.40. The van der Waals surface area contributed by atoms with Crippen LogP contribution >= 0.6 is 0 Å². The summed E-state index contributed by atoms with van der Waals surface area (Å²) in [5.41, 5.74) is 10.3. The van der Waals surface area contributed by atoms with Gasteiger partial charge in [-0.3, -0.25) is 29.3 Å². The predicted molar refractivity (Wildman–Crippen MR) is 219 cm³/mol. The quantitative estimate of drug-likeness (QED) is 0.180. The summed E-state index contributed by atoms with van der Waals surface area (Å²) in [5.74, 6) is -0.190. The Morgan fingerprint density at radius 3 is 2.44 bits per heavy atom. The first-order chi connectivity index (χ1) is 28.5. The van der Waals surface area contributed by atoms with Crippen molar-refractivity contribution in [2.24, 2.45) is 5.73 Å². The number of carbonyl (C=O) groups is 6. The van der Waals surface area contributed by atoms with Gasteiger partial charge in [0, 0.05) is 77.0 Å². The fraction of sp³-hybridized carbons (Fsp3) is 0.488. The third-order valence-electron chi connectivity index (χ3n) is 12.7. The molecule has 8 rings (SSSR count). The third kappa shape index (κ3) is 8.43. The van der Waals surface area contributed by atoms with Crippen molar-refractivity contribution in [2.75, 3.05) is 56.5 Å². The van der Waals surface area contributed by atoms with Crippen molar-refractivity contribution in [1.82, 2.24) is 34.9 Å². The van der Waals surface area contributed by atoms with E-state index in [1.54, 1.807) is 22.1 Å². The number of benzene rings is 2. The number of nitrogens with one attached hydrogen (secondary N) is 2. The monoisotopic (exact) mass is 804 g/mol. The number of likely N-dealkylation sites (N-methyl/N-ethyl adjacent to an activating group) is 1. The lowest BCUT2D eigenvalue weighted by Crippen LogP contribution is -2.52. The third-order valence-corrected chi connectivity index (χ3v) is 12.7. The van der Waals surface area contributed by atoms with Crippen LogP contribution in [0.4, 0.5) is 22.1 Å². The summed E-state index contributed by atoms with van der Waals surface area (Å²) in [6, 6.07) is 13.3. The van der Waals surface area contributed by atoms with Gasteiger partial charge in [-0.15, -0.1) is 0 Å². The van der Waals surface area contributed by atoms with Crippen molar-refractivity contribution >= 4 is 52.9 Å². The lowest BCUT2D eigenvalue weighted by atomic mass is 9.89. The molecule has 0 bridgehead atoms. The standard InChI is InChI=1S/C43H52N10O6/c1-49-22-23-52(43(49)59)31-8-5-19-51(25-31)35-24-45-38(39(44)56)40(47-35)46-30-13-11-27(12-14-30)28-17-20-50(21-18-28)37(55)10-3-2-6-29-7-4-9-32-33(29)26-53(42(32)58)34-15-16-36(54)48-41(34)57/h4,7,9,11-14,24,28,31,34H,2-3,5-6,8,10,15-23,25-26H2,1H3,(H2,44,56)(H,46,47)(H,48,54,57)/t31-,34?/m1/s1. The number of primary amides is 1. The molecule has 2 atom stereocenters. The Kier molecular flexibility index (Phi) is 11.5. The topological polar surface area (TPSA) is 194 Å². The van der Waals surface area contributed by atoms with E-state index in [0.29, 0.717) is 62.9 Å². The average molecular weight is 805 g/mol. The van der Waals surface area contributed by atoms with E-state index in [1.807, 2.05) is 41.1 Å². The van der Waals surface area contributed by atoms with E-state index in [-0.39, 0.29) is 47.7 Å². The highest BCUT2D eigenvalue weighted by atomic mass is 16.2. The molecule has 4 fully saturated rings. The Morgan fingerprint density at radius 2 is 1.71 bits per heavy atom. The Hall–Kier alpha value is -6.06. The van der Waals surface area contributed by atoms with Crippen molar-refractivity contribution in [3.63, 3.8) is 0 Å². The van der Waals surface area contributed by atoms with Gasteiger partial charge in [0.05, 0.1) is 12.2 Å². The van der Waals surface area contributed by atoms with Crippen LogP contribution in [-0.4, -0.2) is 124 Å². The summed E-state index contributed by atoms with van der Waals surface area (Å²) in [4.78, 5) is 94.0. The molecular weight excluding hydrogens is 753 g/mol. The molecule has 7 amide bonds. The zero-order valence-corrected chi connectivity index (χ0v) is 33.5. The second-order valence-electron chi connectivity index (χ2n) is 16.4. The van der Waals surface area contributed by atoms with Gasteiger partial charge in [-0.05, 0) is 92.2 Å². The van der Waals surface area contributed by atoms with Crippen LogP contribution in [0, 0.1) is 0 Å². The number of rotatable bonds is 12. The number of fused-ring (bicyclic) bond motifs is 1. The van der Waals surface area contributed by atoms with E-state index < -0.39 is 17.9 Å². The largest absolute Gasteiger partial charge is 0.364 e. The van der Waals surface area contributed by atoms with Crippen LogP contribution < -0.4 is 21.3 Å². The van der Waals surface area contributed by atoms with Gasteiger partial charge in [0.2, 0.25) is 17.7 Å². The molecule has 0 spiro atoms. The maximum absolute atomic E-state index is 13.2. The lowest BCUT2D eigenvalue weighted by Gasteiger charge is -2.37. The van der Waals surface area contributed by atoms with E-state index >= 15 is 0 Å². The van der Waals surface area contributed by atoms with Crippen molar-refractivity contribution in [3.8, 4) is 0 Å². The molecule has 4 saturated heterocycles. The zero-order chi connectivity index (χ0) is 41.2. The van der Waals surface area contributed by atoms with Gasteiger partial charge in [0.25, 0.3) is 11.8 Å². The number of piperidine rings is 3. The molecule has 2 aromatic carbocycles. The van der Waals surface area contributed by atoms with Gasteiger partial charge in [0.15, 0.2) is 11.5 Å². The number of amides is 7. The predicted octanol–water partition coefficient (Wildman–Crippen LogP) is 3.54. The molecule has 310 valence electrons. The van der Waals surface area contributed by atoms with Crippen LogP contribution in [0.5, 0.6) is 0 Å². The van der Waals surface area contributed by atoms with Gasteiger partial charge in [-0.1, -0.05) is 24.3 Å². The Balaban J connectivity index is 0.805. The molecule has 3 aromatic rings. The maximum atomic E-state index is 13.2. The summed E-state index contributed by atoms with van der Waals surface area (Å²) in [6.45, 7) is 4.58. The minimum absolute atomic E-state index is 0.0529. The smallest absolute Gasteiger partial charge is 0.320 e. The first-order valence-corrected chi connectivity index (χ1v) is 20.9. The number of unbranched alkanes of at least 4 members (excludes halogenated alkanes) is 1. The molecule has 5 aliphatic heterocycles. The van der Waals surface area contributed by atoms with Gasteiger partial charge < -0.3 is 35.6 Å². The number of anilines is 3. The van der Waals surface area contributed by atoms with E-state index in [4.69, 9.17) is 10.7 Å². The SMILES string of the molecule is CN1CCN([C@@H]2CCCN(c3cnc(C(N)=O)c(Nc4ccc(C5CCN(C(=O)CCCCc6cccc7c6CN(C6CCC(=O)NC6=O)C7=O)CC5)cc4)n3)C2)C1=O. The van der Waals surface area contributed by atoms with Crippen molar-refractivity contribution in [2.45, 2.75) is 88.8 Å². The Labute approximate surface area is 343 Å². The molecule has 0 aliphatic carbocycles. The summed E-state index contributed by atoms with van der Waals surface area (Å²) in [5, 5.41) is 5.62. The van der Waals surface area contributed by atoms with E-state index in [2.05, 4.69) is 32.7 Å². The molecule has 16 heteroatoms. The van der Waals surface area contributed by atoms with Crippen LogP contribution in [0.25, 0.3) is 0 Å². The number of likely N-dealkylation sites (tertiary alicyclic amines) is 1. The highest BCUT2D eigenvalue weighted by Crippen LogP contribution is 2.33. The molecular formula is C43H52N10O6. The fourth-order valence-corrected chi connectivity index (χ4v) is 9.30. The molecule has 1 unspecified atom stereocenters. The van der Waals surface area contributed by atoms with E-state index in [1.165, 1.54) is 5.56 Å². The first-order valence-electron chi connectivity index (χ1n) is 20.9. The Morgan fingerprint density at radius 1 is 0.915 bits per heavy atom. The van der Waals surface area contributed by atoms with Gasteiger partial charge in [-0.25, -0.2) is 14.8 Å². The van der Waals surface area contributed by atoms with E-state index in [9.17, 15) is 28.8 Å². The lowest BCUT2D eigenvalue weighted by molar-refractivity contribution is -0.137. The first kappa shape index (κ1) is 39.8. The summed E-state index contributed by atoms with van der Waals surface area (Å²) in [7, 11) is 1.82. The van der Waals surface area contributed by atoms with Crippen LogP contribution in [0.15, 0.2) is 48.7 Å². The van der Waals surface area contributed by atoms with Gasteiger partial charge in [-0.2, -0.15) is 0 Å². The van der Waals surface area contributed by atoms with E-state index in [0.717, 1.165) is 74.8 Å². The van der Waals surface area contributed by atoms with Crippen LogP contribution in [0.3, 0.4) is 0 Å². The normalized spacial score (nSPS) is 21.3. The molecule has 4 N–H and O–H groups in total. The molecule has 5 aliphatic rings. The van der Waals surface area contributed by atoms with Crippen LogP contribution in [0.1, 0.15) is 101 Å². The molecule has 0 saturated carbocycles. The number of nitrogens with zero attached hydrogens (tertiary/aromatic N) is 7.